The number of hydrazine groups is 1. The van der Waals surface area contributed by atoms with Crippen molar-refractivity contribution >= 4 is 16.9 Å². The number of hydrogen-bond donors (Lipinski definition) is 2. The van der Waals surface area contributed by atoms with Crippen LogP contribution in [-0.4, -0.2) is 24.4 Å². The van der Waals surface area contributed by atoms with Crippen molar-refractivity contribution in [2.45, 2.75) is 26.8 Å². The van der Waals surface area contributed by atoms with Gasteiger partial charge in [0.25, 0.3) is 5.91 Å². The average Bonchev–Trinajstić information content (AvgIpc) is 2.82. The zero-order chi connectivity index (χ0) is 15.4. The number of nitrogens with two attached hydrogens (primary N) is 1. The van der Waals surface area contributed by atoms with Crippen LogP contribution < -0.4 is 11.3 Å². The summed E-state index contributed by atoms with van der Waals surface area (Å²) >= 11 is 0. The molecule has 5 heteroatoms. The van der Waals surface area contributed by atoms with Crippen molar-refractivity contribution < 1.29 is 9.21 Å². The minimum absolute atomic E-state index is 0.313. The van der Waals surface area contributed by atoms with E-state index in [0.29, 0.717) is 29.4 Å². The first kappa shape index (κ1) is 15.5. The number of fused-ring (bicyclic) bond motifs is 1. The van der Waals surface area contributed by atoms with Crippen LogP contribution in [0.25, 0.3) is 11.0 Å². The summed E-state index contributed by atoms with van der Waals surface area (Å²) in [5.41, 5.74) is 3.45. The summed E-state index contributed by atoms with van der Waals surface area (Å²) in [5.74, 6) is 6.29. The molecule has 0 unspecified atom stereocenters. The van der Waals surface area contributed by atoms with Crippen LogP contribution in [0.1, 0.15) is 36.4 Å². The van der Waals surface area contributed by atoms with Crippen LogP contribution in [0, 0.1) is 5.92 Å². The molecule has 3 N–H and O–H groups in total. The van der Waals surface area contributed by atoms with Gasteiger partial charge in [-0.15, -0.1) is 0 Å². The fraction of sp³-hybridized carbons (Fsp3) is 0.438. The van der Waals surface area contributed by atoms with E-state index in [9.17, 15) is 4.79 Å². The Morgan fingerprint density at radius 3 is 2.76 bits per heavy atom. The molecule has 2 aromatic rings. The summed E-state index contributed by atoms with van der Waals surface area (Å²) in [7, 11) is 2.03. The first-order valence-electron chi connectivity index (χ1n) is 7.22. The summed E-state index contributed by atoms with van der Waals surface area (Å²) < 4.78 is 5.84. The van der Waals surface area contributed by atoms with Gasteiger partial charge in [0.05, 0.1) is 12.1 Å². The van der Waals surface area contributed by atoms with E-state index in [1.807, 2.05) is 31.3 Å². The van der Waals surface area contributed by atoms with Crippen LogP contribution >= 0.6 is 0 Å². The zero-order valence-electron chi connectivity index (χ0n) is 12.8. The molecule has 0 bridgehead atoms. The Hall–Kier alpha value is -1.85. The molecule has 0 atom stereocenters. The molecule has 0 spiro atoms. The number of furan rings is 1. The van der Waals surface area contributed by atoms with E-state index in [4.69, 9.17) is 10.3 Å². The smallest absolute Gasteiger partial charge is 0.269 e. The second-order valence-corrected chi connectivity index (χ2v) is 5.79. The highest BCUT2D eigenvalue weighted by Gasteiger charge is 2.20. The van der Waals surface area contributed by atoms with Crippen molar-refractivity contribution in [3.8, 4) is 0 Å². The lowest BCUT2D eigenvalue weighted by Gasteiger charge is -2.17. The maximum absolute atomic E-state index is 12.0. The summed E-state index contributed by atoms with van der Waals surface area (Å²) in [6, 6.07) is 7.51. The van der Waals surface area contributed by atoms with Crippen LogP contribution in [-0.2, 0) is 6.54 Å². The van der Waals surface area contributed by atoms with E-state index >= 15 is 0 Å². The van der Waals surface area contributed by atoms with E-state index in [1.165, 1.54) is 0 Å². The summed E-state index contributed by atoms with van der Waals surface area (Å²) in [4.78, 5) is 14.2. The van der Waals surface area contributed by atoms with Gasteiger partial charge in [0.2, 0.25) is 0 Å². The van der Waals surface area contributed by atoms with Crippen molar-refractivity contribution in [1.29, 1.82) is 0 Å². The van der Waals surface area contributed by atoms with Gasteiger partial charge in [0.15, 0.2) is 0 Å². The third kappa shape index (κ3) is 3.62. The standard InChI is InChI=1S/C16H23N3O2/c1-11(2)8-9-19(3)10-14-15(16(20)18-17)12-6-4-5-7-13(12)21-14/h4-7,11H,8-10,17H2,1-3H3,(H,18,20). The van der Waals surface area contributed by atoms with Crippen LogP contribution in [0.5, 0.6) is 0 Å². The van der Waals surface area contributed by atoms with Crippen molar-refractivity contribution in [3.63, 3.8) is 0 Å². The lowest BCUT2D eigenvalue weighted by Crippen LogP contribution is -2.31. The number of hydrogen-bond acceptors (Lipinski definition) is 4. The molecule has 0 radical (unpaired) electrons. The highest BCUT2D eigenvalue weighted by atomic mass is 16.3. The first-order valence-corrected chi connectivity index (χ1v) is 7.22. The van der Waals surface area contributed by atoms with Crippen molar-refractivity contribution in [2.75, 3.05) is 13.6 Å². The minimum atomic E-state index is -0.313. The molecule has 114 valence electrons. The number of nitrogens with zero attached hydrogens (tertiary/aromatic N) is 1. The van der Waals surface area contributed by atoms with Gasteiger partial charge in [-0.05, 0) is 32.0 Å². The molecule has 0 aliphatic rings. The zero-order valence-corrected chi connectivity index (χ0v) is 12.8. The van der Waals surface area contributed by atoms with Crippen LogP contribution in [0.2, 0.25) is 0 Å². The van der Waals surface area contributed by atoms with Gasteiger partial charge in [0, 0.05) is 5.39 Å². The van der Waals surface area contributed by atoms with E-state index in [0.717, 1.165) is 18.4 Å². The Bertz CT molecular complexity index is 619. The molecule has 1 aromatic heterocycles. The fourth-order valence-corrected chi connectivity index (χ4v) is 2.33. The number of para-hydroxylation sites is 1. The largest absolute Gasteiger partial charge is 0.459 e. The molecule has 0 saturated heterocycles. The second kappa shape index (κ2) is 6.74. The predicted octanol–water partition coefficient (Wildman–Crippen LogP) is 2.51. The molecule has 0 aliphatic heterocycles. The third-order valence-electron chi connectivity index (χ3n) is 3.53. The van der Waals surface area contributed by atoms with Crippen LogP contribution in [0.4, 0.5) is 0 Å². The summed E-state index contributed by atoms with van der Waals surface area (Å²) in [6.07, 6.45) is 1.11. The number of carbonyl (C=O) groups excluding carboxylic acids is 1. The SMILES string of the molecule is CC(C)CCN(C)Cc1oc2ccccc2c1C(=O)NN. The highest BCUT2D eigenvalue weighted by Crippen LogP contribution is 2.26. The topological polar surface area (TPSA) is 71.5 Å². The lowest BCUT2D eigenvalue weighted by atomic mass is 10.1. The van der Waals surface area contributed by atoms with E-state index in [-0.39, 0.29) is 5.91 Å². The molecule has 0 saturated carbocycles. The third-order valence-corrected chi connectivity index (χ3v) is 3.53. The highest BCUT2D eigenvalue weighted by molar-refractivity contribution is 6.07. The molecule has 2 rings (SSSR count). The molecule has 1 heterocycles. The quantitative estimate of drug-likeness (QED) is 0.487. The number of nitrogens with one attached hydrogen (secondary N) is 1. The van der Waals surface area contributed by atoms with Gasteiger partial charge >= 0.3 is 0 Å². The Balaban J connectivity index is 2.28. The van der Waals surface area contributed by atoms with Gasteiger partial charge in [-0.3, -0.25) is 15.1 Å². The van der Waals surface area contributed by atoms with E-state index < -0.39 is 0 Å². The van der Waals surface area contributed by atoms with Gasteiger partial charge in [0.1, 0.15) is 11.3 Å². The summed E-state index contributed by atoms with van der Waals surface area (Å²) in [6.45, 7) is 5.94. The molecular weight excluding hydrogens is 266 g/mol. The van der Waals surface area contributed by atoms with Crippen molar-refractivity contribution in [2.24, 2.45) is 11.8 Å². The van der Waals surface area contributed by atoms with Gasteiger partial charge in [-0.25, -0.2) is 5.84 Å². The Morgan fingerprint density at radius 2 is 2.10 bits per heavy atom. The molecule has 21 heavy (non-hydrogen) atoms. The van der Waals surface area contributed by atoms with E-state index in [2.05, 4.69) is 24.2 Å². The molecule has 0 fully saturated rings. The molecule has 1 aromatic carbocycles. The predicted molar refractivity (Wildman–Crippen MR) is 83.7 cm³/mol. The second-order valence-electron chi connectivity index (χ2n) is 5.79. The normalized spacial score (nSPS) is 11.5. The van der Waals surface area contributed by atoms with Crippen molar-refractivity contribution in [1.82, 2.24) is 10.3 Å². The van der Waals surface area contributed by atoms with Gasteiger partial charge in [-0.1, -0.05) is 32.0 Å². The van der Waals surface area contributed by atoms with Gasteiger partial charge < -0.3 is 4.42 Å². The minimum Gasteiger partial charge on any atom is -0.459 e. The number of carbonyl (C=O) groups is 1. The maximum atomic E-state index is 12.0. The average molecular weight is 289 g/mol. The number of rotatable bonds is 6. The van der Waals surface area contributed by atoms with E-state index in [1.54, 1.807) is 0 Å². The Morgan fingerprint density at radius 1 is 1.38 bits per heavy atom. The Kier molecular flexibility index (Phi) is 4.98. The maximum Gasteiger partial charge on any atom is 0.269 e. The fourth-order valence-electron chi connectivity index (χ4n) is 2.33. The molecule has 5 nitrogen and oxygen atoms in total. The van der Waals surface area contributed by atoms with Crippen LogP contribution in [0.15, 0.2) is 28.7 Å². The van der Waals surface area contributed by atoms with Crippen molar-refractivity contribution in [3.05, 3.63) is 35.6 Å². The van der Waals surface area contributed by atoms with Crippen LogP contribution in [0.3, 0.4) is 0 Å². The number of nitrogen functional groups attached to an aromatic ring is 1. The monoisotopic (exact) mass is 289 g/mol. The number of benzene rings is 1. The molecule has 1 amide bonds. The van der Waals surface area contributed by atoms with Gasteiger partial charge in [-0.2, -0.15) is 0 Å². The first-order chi connectivity index (χ1) is 10.0. The molecule has 0 aliphatic carbocycles. The Labute approximate surface area is 125 Å². The molecular formula is C16H23N3O2. The lowest BCUT2D eigenvalue weighted by molar-refractivity contribution is 0.0951. The number of amides is 1. The summed E-state index contributed by atoms with van der Waals surface area (Å²) in [5, 5.41) is 0.799.